The quantitative estimate of drug-likeness (QED) is 0.613. The van der Waals surface area contributed by atoms with Crippen LogP contribution in [0.3, 0.4) is 0 Å². The summed E-state index contributed by atoms with van der Waals surface area (Å²) in [5, 5.41) is 3.19. The number of halogens is 2. The minimum Gasteiger partial charge on any atom is -0.481 e. The molecule has 3 amide bonds. The second-order valence-corrected chi connectivity index (χ2v) is 6.26. The first kappa shape index (κ1) is 21.2. The summed E-state index contributed by atoms with van der Waals surface area (Å²) >= 11 is 5.85. The molecule has 0 aromatic heterocycles. The number of nitrogens with one attached hydrogen (secondary N) is 3. The molecule has 0 bridgehead atoms. The summed E-state index contributed by atoms with van der Waals surface area (Å²) in [7, 11) is 0. The van der Waals surface area contributed by atoms with Gasteiger partial charge in [0.05, 0.1) is 12.5 Å². The molecule has 148 valence electrons. The number of hydrazine groups is 1. The molecule has 1 unspecified atom stereocenters. The van der Waals surface area contributed by atoms with E-state index in [0.717, 1.165) is 0 Å². The molecule has 9 heteroatoms. The Bertz CT molecular complexity index is 845. The van der Waals surface area contributed by atoms with Gasteiger partial charge in [0.25, 0.3) is 5.91 Å². The Morgan fingerprint density at radius 1 is 1.04 bits per heavy atom. The molecule has 2 aromatic carbocycles. The molecule has 0 aliphatic rings. The van der Waals surface area contributed by atoms with E-state index in [0.29, 0.717) is 10.6 Å². The minimum absolute atomic E-state index is 0.0718. The van der Waals surface area contributed by atoms with Crippen molar-refractivity contribution in [3.05, 3.63) is 64.9 Å². The van der Waals surface area contributed by atoms with Gasteiger partial charge in [-0.2, -0.15) is 0 Å². The lowest BCUT2D eigenvalue weighted by Crippen LogP contribution is -2.45. The van der Waals surface area contributed by atoms with E-state index in [9.17, 15) is 18.8 Å². The lowest BCUT2D eigenvalue weighted by atomic mass is 10.0. The van der Waals surface area contributed by atoms with Crippen LogP contribution in [0.2, 0.25) is 5.02 Å². The molecule has 2 aromatic rings. The first-order valence-corrected chi connectivity index (χ1v) is 8.70. The zero-order chi connectivity index (χ0) is 20.5. The minimum atomic E-state index is -0.667. The van der Waals surface area contributed by atoms with E-state index in [1.807, 2.05) is 0 Å². The topological polar surface area (TPSA) is 96.5 Å². The maximum atomic E-state index is 13.4. The highest BCUT2D eigenvalue weighted by Crippen LogP contribution is 2.19. The molecule has 1 atom stereocenters. The van der Waals surface area contributed by atoms with Crippen molar-refractivity contribution in [2.45, 2.75) is 19.4 Å². The largest absolute Gasteiger partial charge is 0.481 e. The second kappa shape index (κ2) is 10.3. The van der Waals surface area contributed by atoms with Crippen molar-refractivity contribution in [2.24, 2.45) is 0 Å². The van der Waals surface area contributed by atoms with Crippen molar-refractivity contribution in [3.63, 3.8) is 0 Å². The summed E-state index contributed by atoms with van der Waals surface area (Å²) in [5.74, 6) is -2.18. The number of benzene rings is 2. The highest BCUT2D eigenvalue weighted by molar-refractivity contribution is 6.30. The summed E-state index contributed by atoms with van der Waals surface area (Å²) < 4.78 is 18.5. The van der Waals surface area contributed by atoms with Gasteiger partial charge in [-0.3, -0.25) is 25.2 Å². The van der Waals surface area contributed by atoms with Crippen molar-refractivity contribution in [1.29, 1.82) is 0 Å². The first-order valence-electron chi connectivity index (χ1n) is 8.32. The maximum Gasteiger partial charge on any atom is 0.276 e. The van der Waals surface area contributed by atoms with Gasteiger partial charge in [-0.15, -0.1) is 0 Å². The summed E-state index contributed by atoms with van der Waals surface area (Å²) in [6, 6.07) is 11.7. The zero-order valence-corrected chi connectivity index (χ0v) is 15.8. The summed E-state index contributed by atoms with van der Waals surface area (Å²) in [5.41, 5.74) is 5.08. The molecule has 0 saturated carbocycles. The van der Waals surface area contributed by atoms with Crippen LogP contribution >= 0.6 is 11.6 Å². The number of hydrogen-bond donors (Lipinski definition) is 3. The van der Waals surface area contributed by atoms with E-state index in [4.69, 9.17) is 16.3 Å². The van der Waals surface area contributed by atoms with Gasteiger partial charge in [-0.1, -0.05) is 35.9 Å². The molecule has 0 spiro atoms. The summed E-state index contributed by atoms with van der Waals surface area (Å²) in [6.45, 7) is 0.857. The van der Waals surface area contributed by atoms with Crippen LogP contribution in [0.15, 0.2) is 48.5 Å². The second-order valence-electron chi connectivity index (χ2n) is 5.82. The third-order valence-corrected chi connectivity index (χ3v) is 3.83. The van der Waals surface area contributed by atoms with Crippen LogP contribution in [-0.2, 0) is 14.4 Å². The van der Waals surface area contributed by atoms with Gasteiger partial charge in [-0.05, 0) is 29.8 Å². The maximum absolute atomic E-state index is 13.4. The van der Waals surface area contributed by atoms with Crippen molar-refractivity contribution in [1.82, 2.24) is 16.2 Å². The third-order valence-electron chi connectivity index (χ3n) is 3.58. The zero-order valence-electron chi connectivity index (χ0n) is 15.0. The fourth-order valence-corrected chi connectivity index (χ4v) is 2.44. The molecule has 0 aliphatic carbocycles. The Hall–Kier alpha value is -3.13. The summed E-state index contributed by atoms with van der Waals surface area (Å²) in [6.07, 6.45) is -0.115. The molecule has 0 fully saturated rings. The van der Waals surface area contributed by atoms with E-state index in [1.165, 1.54) is 25.1 Å². The van der Waals surface area contributed by atoms with E-state index < -0.39 is 30.3 Å². The van der Waals surface area contributed by atoms with Crippen molar-refractivity contribution >= 4 is 29.3 Å². The van der Waals surface area contributed by atoms with Crippen LogP contribution in [0.4, 0.5) is 4.39 Å². The van der Waals surface area contributed by atoms with Gasteiger partial charge in [0.1, 0.15) is 0 Å². The van der Waals surface area contributed by atoms with E-state index in [2.05, 4.69) is 16.2 Å². The van der Waals surface area contributed by atoms with E-state index in [1.54, 1.807) is 30.3 Å². The lowest BCUT2D eigenvalue weighted by Gasteiger charge is -2.18. The van der Waals surface area contributed by atoms with Gasteiger partial charge < -0.3 is 10.1 Å². The van der Waals surface area contributed by atoms with Crippen LogP contribution in [0, 0.1) is 5.82 Å². The average Bonchev–Trinajstić information content (AvgIpc) is 2.65. The van der Waals surface area contributed by atoms with Gasteiger partial charge in [0, 0.05) is 11.9 Å². The Morgan fingerprint density at radius 2 is 1.68 bits per heavy atom. The number of hydrogen-bond acceptors (Lipinski definition) is 4. The van der Waals surface area contributed by atoms with Crippen molar-refractivity contribution < 1.29 is 23.5 Å². The van der Waals surface area contributed by atoms with Crippen LogP contribution in [0.5, 0.6) is 5.75 Å². The Balaban J connectivity index is 1.84. The molecular formula is C19H19ClFN3O4. The normalized spacial score (nSPS) is 11.2. The first-order chi connectivity index (χ1) is 13.3. The molecule has 0 saturated heterocycles. The smallest absolute Gasteiger partial charge is 0.276 e. The van der Waals surface area contributed by atoms with Crippen molar-refractivity contribution in [3.8, 4) is 5.75 Å². The number of rotatable bonds is 7. The molecule has 7 nitrogen and oxygen atoms in total. The molecule has 28 heavy (non-hydrogen) atoms. The van der Waals surface area contributed by atoms with Gasteiger partial charge in [0.15, 0.2) is 18.2 Å². The summed E-state index contributed by atoms with van der Waals surface area (Å²) in [4.78, 5) is 35.3. The highest BCUT2D eigenvalue weighted by Gasteiger charge is 2.17. The monoisotopic (exact) mass is 407 g/mol. The Labute approximate surface area is 166 Å². The fraction of sp³-hybridized carbons (Fsp3) is 0.211. The molecular weight excluding hydrogens is 389 g/mol. The van der Waals surface area contributed by atoms with E-state index in [-0.39, 0.29) is 18.1 Å². The standard InChI is InChI=1S/C19H19ClFN3O4/c1-12(25)22-16(13-6-8-14(20)9-7-13)10-18(26)23-24-19(27)11-28-17-5-3-2-4-15(17)21/h2-9,16H,10-11H2,1H3,(H,22,25)(H,23,26)(H,24,27). The molecule has 2 rings (SSSR count). The predicted octanol–water partition coefficient (Wildman–Crippen LogP) is 2.27. The molecule has 0 aliphatic heterocycles. The highest BCUT2D eigenvalue weighted by atomic mass is 35.5. The van der Waals surface area contributed by atoms with E-state index >= 15 is 0 Å². The van der Waals surface area contributed by atoms with Gasteiger partial charge in [-0.25, -0.2) is 4.39 Å². The number of carbonyl (C=O) groups excluding carboxylic acids is 3. The molecule has 0 heterocycles. The van der Waals surface area contributed by atoms with Crippen LogP contribution in [-0.4, -0.2) is 24.3 Å². The number of para-hydroxylation sites is 1. The van der Waals surface area contributed by atoms with Gasteiger partial charge in [0.2, 0.25) is 11.8 Å². The number of amides is 3. The number of carbonyl (C=O) groups is 3. The SMILES string of the molecule is CC(=O)NC(CC(=O)NNC(=O)COc1ccccc1F)c1ccc(Cl)cc1. The Kier molecular flexibility index (Phi) is 7.76. The average molecular weight is 408 g/mol. The van der Waals surface area contributed by atoms with Gasteiger partial charge >= 0.3 is 0 Å². The molecule has 0 radical (unpaired) electrons. The molecule has 3 N–H and O–H groups in total. The predicted molar refractivity (Wildman–Crippen MR) is 101 cm³/mol. The third kappa shape index (κ3) is 6.88. The van der Waals surface area contributed by atoms with Crippen molar-refractivity contribution in [2.75, 3.05) is 6.61 Å². The fourth-order valence-electron chi connectivity index (χ4n) is 2.31. The van der Waals surface area contributed by atoms with Crippen LogP contribution in [0.25, 0.3) is 0 Å². The van der Waals surface area contributed by atoms with Crippen LogP contribution in [0.1, 0.15) is 24.9 Å². The number of ether oxygens (including phenoxy) is 1. The lowest BCUT2D eigenvalue weighted by molar-refractivity contribution is -0.130. The Morgan fingerprint density at radius 3 is 2.32 bits per heavy atom. The van der Waals surface area contributed by atoms with Crippen LogP contribution < -0.4 is 20.9 Å².